The van der Waals surface area contributed by atoms with E-state index in [2.05, 4.69) is 47.8 Å². The zero-order valence-electron chi connectivity index (χ0n) is 31.4. The lowest BCUT2D eigenvalue weighted by molar-refractivity contribution is -0.146. The number of anilines is 2. The molecule has 0 bridgehead atoms. The highest BCUT2D eigenvalue weighted by Crippen LogP contribution is 2.60. The molecule has 1 saturated heterocycles. The maximum atomic E-state index is 15.3. The second-order valence-corrected chi connectivity index (χ2v) is 19.4. The van der Waals surface area contributed by atoms with Crippen molar-refractivity contribution in [3.05, 3.63) is 126 Å². The van der Waals surface area contributed by atoms with Crippen LogP contribution in [0.25, 0.3) is 0 Å². The molecule has 0 aliphatic carbocycles. The molecule has 3 heterocycles. The first-order valence-corrected chi connectivity index (χ1v) is 21.4. The largest absolute Gasteiger partial charge is 0.497 e. The maximum absolute atomic E-state index is 15.3. The first-order valence-electron chi connectivity index (χ1n) is 18.4. The van der Waals surface area contributed by atoms with E-state index < -0.39 is 13.7 Å². The molecule has 0 unspecified atom stereocenters. The second kappa shape index (κ2) is 15.2. The molecule has 2 N–H and O–H groups in total. The Morgan fingerprint density at radius 2 is 1.70 bits per heavy atom. The van der Waals surface area contributed by atoms with Crippen molar-refractivity contribution in [2.45, 2.75) is 63.2 Å². The van der Waals surface area contributed by atoms with E-state index in [0.29, 0.717) is 36.4 Å². The van der Waals surface area contributed by atoms with Crippen LogP contribution in [-0.2, 0) is 34.6 Å². The number of nitrogens with one attached hydrogen (secondary N) is 1. The van der Waals surface area contributed by atoms with E-state index >= 15 is 4.79 Å². The van der Waals surface area contributed by atoms with Crippen LogP contribution in [0.1, 0.15) is 40.5 Å². The Balaban J connectivity index is 1.25. The number of aliphatic hydroxyl groups excluding tert-OH is 1. The van der Waals surface area contributed by atoms with Gasteiger partial charge in [-0.1, -0.05) is 72.9 Å². The predicted octanol–water partition coefficient (Wildman–Crippen LogP) is 5.94. The van der Waals surface area contributed by atoms with Gasteiger partial charge in [0.15, 0.2) is 5.60 Å². The summed E-state index contributed by atoms with van der Waals surface area (Å²) in [6.45, 7) is 7.72. The normalized spacial score (nSPS) is 20.7. The number of hydrogen-bond donors (Lipinski definition) is 2. The number of carbonyl (C=O) groups excluding carboxylic acids is 2. The Labute approximate surface area is 316 Å². The number of methoxy groups -OCH3 is 2. The van der Waals surface area contributed by atoms with Gasteiger partial charge in [-0.05, 0) is 72.1 Å². The average molecular weight is 746 g/mol. The quantitative estimate of drug-likeness (QED) is 0.142. The lowest BCUT2D eigenvalue weighted by atomic mass is 9.82. The Morgan fingerprint density at radius 3 is 2.43 bits per heavy atom. The van der Waals surface area contributed by atoms with E-state index in [0.717, 1.165) is 28.3 Å². The fourth-order valence-electron chi connectivity index (χ4n) is 8.51. The van der Waals surface area contributed by atoms with Crippen molar-refractivity contribution in [1.29, 1.82) is 0 Å². The van der Waals surface area contributed by atoms with Crippen molar-refractivity contribution in [3.8, 4) is 11.5 Å². The number of aliphatic hydroxyl groups is 1. The molecule has 5 aromatic rings. The molecule has 0 saturated carbocycles. The third-order valence-electron chi connectivity index (χ3n) is 11.2. The molecule has 4 aromatic carbocycles. The van der Waals surface area contributed by atoms with Crippen LogP contribution in [-0.4, -0.2) is 66.9 Å². The summed E-state index contributed by atoms with van der Waals surface area (Å²) in [4.78, 5) is 30.1. The van der Waals surface area contributed by atoms with Crippen LogP contribution in [0.15, 0.2) is 103 Å². The number of ether oxygens (including phenoxy) is 3. The Morgan fingerprint density at radius 1 is 0.963 bits per heavy atom. The maximum Gasteiger partial charge on any atom is 0.264 e. The average Bonchev–Trinajstić information content (AvgIpc) is 3.84. The Bertz CT molecular complexity index is 2120. The van der Waals surface area contributed by atoms with Crippen LogP contribution in [0, 0.1) is 5.92 Å². The number of aromatic nitrogens is 3. The minimum atomic E-state index is -2.37. The highest BCUT2D eigenvalue weighted by Gasteiger charge is 2.66. The third-order valence-corrected chi connectivity index (χ3v) is 15.6. The fourth-order valence-corrected chi connectivity index (χ4v) is 12.6. The van der Waals surface area contributed by atoms with Gasteiger partial charge in [0.25, 0.3) is 11.8 Å². The monoisotopic (exact) mass is 745 g/mol. The highest BCUT2D eigenvalue weighted by atomic mass is 28.3. The summed E-state index contributed by atoms with van der Waals surface area (Å²) >= 11 is 0. The molecular formula is C42H47N5O6Si. The second-order valence-electron chi connectivity index (χ2n) is 14.7. The van der Waals surface area contributed by atoms with Crippen LogP contribution in [0.3, 0.4) is 0 Å². The summed E-state index contributed by atoms with van der Waals surface area (Å²) in [6.07, 6.45) is 2.63. The van der Waals surface area contributed by atoms with Crippen LogP contribution >= 0.6 is 0 Å². The molecule has 1 fully saturated rings. The number of nitrogens with zero attached hydrogens (tertiary/aromatic N) is 4. The summed E-state index contributed by atoms with van der Waals surface area (Å²) in [5.74, 6) is 0.922. The molecule has 1 spiro atoms. The standard InChI is InChI=1S/C42H47N5O6Si/c1-28-39(54(4,5)35-17-14-33(51-2)15-18-35)38(20-22-46-27-32(21-23-48)44-45-46)53-42(28)36-25-34(52-3)16-19-37(36)47(41(42)50)26-29-10-9-13-31(24-29)43-40(49)30-11-7-6-8-12-30/h6-19,24-25,27-28,38-39,48H,20-23,26H2,1-5H3,(H,43,49)/t28-,38+,39-,42+/m0/s1. The zero-order valence-corrected chi connectivity index (χ0v) is 32.4. The highest BCUT2D eigenvalue weighted by molar-refractivity contribution is 6.91. The van der Waals surface area contributed by atoms with Gasteiger partial charge in [0, 0.05) is 48.5 Å². The van der Waals surface area contributed by atoms with Gasteiger partial charge in [-0.2, -0.15) is 0 Å². The number of fused-ring (bicyclic) bond motifs is 2. The van der Waals surface area contributed by atoms with Crippen molar-refractivity contribution < 1.29 is 28.9 Å². The van der Waals surface area contributed by atoms with Crippen LogP contribution in [0.2, 0.25) is 18.6 Å². The van der Waals surface area contributed by atoms with Gasteiger partial charge in [-0.3, -0.25) is 14.3 Å². The van der Waals surface area contributed by atoms with E-state index in [-0.39, 0.29) is 42.5 Å². The number of hydrogen-bond acceptors (Lipinski definition) is 8. The molecule has 2 amide bonds. The first-order chi connectivity index (χ1) is 26.1. The minimum absolute atomic E-state index is 0.00227. The molecule has 54 heavy (non-hydrogen) atoms. The van der Waals surface area contributed by atoms with Crippen LogP contribution < -0.4 is 24.9 Å². The summed E-state index contributed by atoms with van der Waals surface area (Å²) in [5, 5.41) is 22.2. The molecule has 7 rings (SSSR count). The van der Waals surface area contributed by atoms with Gasteiger partial charge >= 0.3 is 0 Å². The summed E-state index contributed by atoms with van der Waals surface area (Å²) in [7, 11) is 0.929. The Hall–Kier alpha value is -5.30. The molecule has 2 aliphatic rings. The molecule has 11 nitrogen and oxygen atoms in total. The minimum Gasteiger partial charge on any atom is -0.497 e. The lowest BCUT2D eigenvalue weighted by Crippen LogP contribution is -2.51. The number of carbonyl (C=O) groups is 2. The van der Waals surface area contributed by atoms with Gasteiger partial charge in [0.1, 0.15) is 11.5 Å². The molecule has 4 atom stereocenters. The van der Waals surface area contributed by atoms with Gasteiger partial charge in [-0.25, -0.2) is 0 Å². The van der Waals surface area contributed by atoms with E-state index in [1.54, 1.807) is 31.0 Å². The number of rotatable bonds is 13. The number of aryl methyl sites for hydroxylation is 1. The van der Waals surface area contributed by atoms with Gasteiger partial charge < -0.3 is 29.5 Å². The van der Waals surface area contributed by atoms with Gasteiger partial charge in [0.2, 0.25) is 0 Å². The molecule has 0 radical (unpaired) electrons. The number of benzene rings is 4. The topological polar surface area (TPSA) is 128 Å². The predicted molar refractivity (Wildman–Crippen MR) is 210 cm³/mol. The van der Waals surface area contributed by atoms with Crippen molar-refractivity contribution in [1.82, 2.24) is 15.0 Å². The molecule has 280 valence electrons. The smallest absolute Gasteiger partial charge is 0.264 e. The first kappa shape index (κ1) is 37.0. The summed E-state index contributed by atoms with van der Waals surface area (Å²) in [6, 6.07) is 30.8. The molecule has 1 aromatic heterocycles. The number of amides is 2. The van der Waals surface area contributed by atoms with E-state index in [4.69, 9.17) is 14.2 Å². The summed E-state index contributed by atoms with van der Waals surface area (Å²) in [5.41, 5.74) is 3.14. The van der Waals surface area contributed by atoms with Crippen LogP contribution in [0.4, 0.5) is 11.4 Å². The molecule has 2 aliphatic heterocycles. The van der Waals surface area contributed by atoms with E-state index in [1.165, 1.54) is 5.19 Å². The SMILES string of the molecule is COc1ccc([Si](C)(C)[C@@H]2[C@@H](CCn3cc(CCO)nn3)O[C@]3(C(=O)N(Cc4cccc(NC(=O)c5ccccc5)c4)c4ccc(OC)cc43)[C@H]2C)cc1. The van der Waals surface area contributed by atoms with Crippen molar-refractivity contribution in [2.24, 2.45) is 5.92 Å². The molecule has 12 heteroatoms. The van der Waals surface area contributed by atoms with Crippen molar-refractivity contribution in [3.63, 3.8) is 0 Å². The summed E-state index contributed by atoms with van der Waals surface area (Å²) < 4.78 is 20.3. The van der Waals surface area contributed by atoms with E-state index in [1.807, 2.05) is 83.9 Å². The zero-order chi connectivity index (χ0) is 38.0. The van der Waals surface area contributed by atoms with Crippen molar-refractivity contribution >= 4 is 36.4 Å². The fraction of sp³-hybridized carbons (Fsp3) is 0.333. The van der Waals surface area contributed by atoms with Crippen LogP contribution in [0.5, 0.6) is 11.5 Å². The van der Waals surface area contributed by atoms with E-state index in [9.17, 15) is 9.90 Å². The van der Waals surface area contributed by atoms with Gasteiger partial charge in [-0.15, -0.1) is 5.10 Å². The lowest BCUT2D eigenvalue weighted by Gasteiger charge is -2.37. The molecular weight excluding hydrogens is 699 g/mol. The van der Waals surface area contributed by atoms with Gasteiger partial charge in [0.05, 0.1) is 46.3 Å². The Kier molecular flexibility index (Phi) is 10.4. The van der Waals surface area contributed by atoms with Crippen molar-refractivity contribution in [2.75, 3.05) is 31.0 Å². The third kappa shape index (κ3) is 6.81.